The molecule has 0 unspecified atom stereocenters. The minimum absolute atomic E-state index is 0.186. The van der Waals surface area contributed by atoms with Crippen molar-refractivity contribution in [3.05, 3.63) is 69.7 Å². The van der Waals surface area contributed by atoms with Crippen LogP contribution in [0.3, 0.4) is 0 Å². The average Bonchev–Trinajstić information content (AvgIpc) is 2.69. The maximum Gasteiger partial charge on any atom is 0.339 e. The molecular weight excluding hydrogens is 446 g/mol. The van der Waals surface area contributed by atoms with Crippen LogP contribution in [0.15, 0.2) is 59.1 Å². The summed E-state index contributed by atoms with van der Waals surface area (Å²) in [7, 11) is 0. The van der Waals surface area contributed by atoms with E-state index in [9.17, 15) is 9.59 Å². The van der Waals surface area contributed by atoms with Crippen molar-refractivity contribution in [1.82, 2.24) is 0 Å². The Hall–Kier alpha value is -2.57. The molecule has 0 heterocycles. The Labute approximate surface area is 175 Å². The van der Waals surface area contributed by atoms with Crippen molar-refractivity contribution in [2.24, 2.45) is 0 Å². The minimum Gasteiger partial charge on any atom is -0.483 e. The van der Waals surface area contributed by atoms with Crippen LogP contribution in [0.1, 0.15) is 17.3 Å². The lowest BCUT2D eigenvalue weighted by Gasteiger charge is -2.11. The Morgan fingerprint density at radius 3 is 2.68 bits per heavy atom. The number of hydrogen-bond acceptors (Lipinski definition) is 4. The molecule has 0 fully saturated rings. The van der Waals surface area contributed by atoms with Crippen molar-refractivity contribution >= 4 is 55.9 Å². The third-order valence-electron chi connectivity index (χ3n) is 3.93. The zero-order valence-corrected chi connectivity index (χ0v) is 17.3. The smallest absolute Gasteiger partial charge is 0.339 e. The third kappa shape index (κ3) is 4.64. The Bertz CT molecular complexity index is 1040. The van der Waals surface area contributed by atoms with Crippen LogP contribution in [0.2, 0.25) is 5.02 Å². The highest BCUT2D eigenvalue weighted by Crippen LogP contribution is 2.33. The lowest BCUT2D eigenvalue weighted by Crippen LogP contribution is -2.20. The van der Waals surface area contributed by atoms with Gasteiger partial charge in [-0.25, -0.2) is 4.79 Å². The molecule has 3 rings (SSSR count). The van der Waals surface area contributed by atoms with E-state index < -0.39 is 5.97 Å². The van der Waals surface area contributed by atoms with Crippen molar-refractivity contribution < 1.29 is 19.1 Å². The second kappa shape index (κ2) is 9.08. The molecule has 3 aromatic rings. The maximum absolute atomic E-state index is 12.3. The van der Waals surface area contributed by atoms with Crippen molar-refractivity contribution in [3.63, 3.8) is 0 Å². The van der Waals surface area contributed by atoms with E-state index in [4.69, 9.17) is 21.1 Å². The summed E-state index contributed by atoms with van der Waals surface area (Å²) in [5.74, 6) is -0.339. The Morgan fingerprint density at radius 1 is 1.11 bits per heavy atom. The van der Waals surface area contributed by atoms with Gasteiger partial charge in [-0.15, -0.1) is 0 Å². The maximum atomic E-state index is 12.3. The number of nitrogens with one attached hydrogen (secondary N) is 1. The molecule has 7 heteroatoms. The molecule has 0 aliphatic carbocycles. The normalized spacial score (nSPS) is 10.5. The summed E-state index contributed by atoms with van der Waals surface area (Å²) in [6.45, 7) is 1.76. The van der Waals surface area contributed by atoms with Gasteiger partial charge in [0.1, 0.15) is 5.75 Å². The predicted octanol–water partition coefficient (Wildman–Crippen LogP) is 5.45. The van der Waals surface area contributed by atoms with Gasteiger partial charge in [0.15, 0.2) is 6.61 Å². The molecular formula is C21H17BrClNO4. The molecule has 0 spiro atoms. The first-order chi connectivity index (χ1) is 13.5. The number of esters is 1. The monoisotopic (exact) mass is 461 g/mol. The molecule has 1 amide bonds. The van der Waals surface area contributed by atoms with E-state index in [1.54, 1.807) is 19.1 Å². The van der Waals surface area contributed by atoms with E-state index >= 15 is 0 Å². The summed E-state index contributed by atoms with van der Waals surface area (Å²) in [6, 6.07) is 16.2. The van der Waals surface area contributed by atoms with E-state index in [1.165, 1.54) is 12.1 Å². The van der Waals surface area contributed by atoms with Crippen molar-refractivity contribution in [1.29, 1.82) is 0 Å². The molecule has 3 aromatic carbocycles. The molecule has 0 saturated heterocycles. The van der Waals surface area contributed by atoms with E-state index in [0.29, 0.717) is 11.4 Å². The zero-order valence-electron chi connectivity index (χ0n) is 15.0. The number of benzene rings is 3. The minimum atomic E-state index is -0.542. The van der Waals surface area contributed by atoms with Gasteiger partial charge in [-0.1, -0.05) is 41.9 Å². The third-order valence-corrected chi connectivity index (χ3v) is 5.08. The van der Waals surface area contributed by atoms with Gasteiger partial charge in [0.05, 0.1) is 21.7 Å². The fourth-order valence-corrected chi connectivity index (χ4v) is 3.44. The van der Waals surface area contributed by atoms with E-state index in [-0.39, 0.29) is 29.7 Å². The number of anilines is 1. The first kappa shape index (κ1) is 20.2. The van der Waals surface area contributed by atoms with Gasteiger partial charge in [-0.3, -0.25) is 4.79 Å². The summed E-state index contributed by atoms with van der Waals surface area (Å²) < 4.78 is 11.4. The number of amides is 1. The quantitative estimate of drug-likeness (QED) is 0.495. The van der Waals surface area contributed by atoms with Crippen LogP contribution in [-0.2, 0) is 9.53 Å². The van der Waals surface area contributed by atoms with Crippen molar-refractivity contribution in [2.45, 2.75) is 6.92 Å². The number of carbonyl (C=O) groups excluding carboxylic acids is 2. The number of hydrogen-bond donors (Lipinski definition) is 1. The van der Waals surface area contributed by atoms with Crippen LogP contribution >= 0.6 is 27.5 Å². The molecule has 0 bridgehead atoms. The summed E-state index contributed by atoms with van der Waals surface area (Å²) in [6.07, 6.45) is 0. The molecule has 0 aromatic heterocycles. The number of rotatable bonds is 6. The first-order valence-corrected chi connectivity index (χ1v) is 9.73. The van der Waals surface area contributed by atoms with E-state index in [2.05, 4.69) is 21.2 Å². The van der Waals surface area contributed by atoms with Crippen molar-refractivity contribution in [2.75, 3.05) is 18.5 Å². The summed E-state index contributed by atoms with van der Waals surface area (Å²) >= 11 is 9.55. The topological polar surface area (TPSA) is 64.6 Å². The first-order valence-electron chi connectivity index (χ1n) is 8.56. The summed E-state index contributed by atoms with van der Waals surface area (Å²) in [4.78, 5) is 24.2. The molecule has 0 aliphatic heterocycles. The van der Waals surface area contributed by atoms with Crippen molar-refractivity contribution in [3.8, 4) is 5.75 Å². The molecule has 0 saturated carbocycles. The molecule has 0 aliphatic rings. The Morgan fingerprint density at radius 2 is 1.89 bits per heavy atom. The largest absolute Gasteiger partial charge is 0.483 e. The Kier molecular flexibility index (Phi) is 6.54. The highest BCUT2D eigenvalue weighted by atomic mass is 79.9. The lowest BCUT2D eigenvalue weighted by atomic mass is 10.1. The molecule has 0 radical (unpaired) electrons. The molecule has 1 N–H and O–H groups in total. The SMILES string of the molecule is CCOC(=O)c1cc(NC(=O)COc2ccc3ccccc3c2Br)ccc1Cl. The van der Waals surface area contributed by atoms with Crippen LogP contribution in [0.4, 0.5) is 5.69 Å². The molecule has 5 nitrogen and oxygen atoms in total. The van der Waals surface area contributed by atoms with Gasteiger partial charge in [-0.2, -0.15) is 0 Å². The molecule has 0 atom stereocenters. The lowest BCUT2D eigenvalue weighted by molar-refractivity contribution is -0.118. The summed E-state index contributed by atoms with van der Waals surface area (Å²) in [5, 5.41) is 5.01. The summed E-state index contributed by atoms with van der Waals surface area (Å²) in [5.41, 5.74) is 0.623. The van der Waals surface area contributed by atoms with Crippen LogP contribution in [-0.4, -0.2) is 25.1 Å². The second-order valence-corrected chi connectivity index (χ2v) is 7.05. The van der Waals surface area contributed by atoms with E-state index in [0.717, 1.165) is 15.2 Å². The van der Waals surface area contributed by atoms with Gasteiger partial charge < -0.3 is 14.8 Å². The van der Waals surface area contributed by atoms with Gasteiger partial charge in [0, 0.05) is 5.69 Å². The van der Waals surface area contributed by atoms with Gasteiger partial charge in [0.2, 0.25) is 0 Å². The fraction of sp³-hybridized carbons (Fsp3) is 0.143. The predicted molar refractivity (Wildman–Crippen MR) is 113 cm³/mol. The number of ether oxygens (including phenoxy) is 2. The van der Waals surface area contributed by atoms with Gasteiger partial charge >= 0.3 is 5.97 Å². The standard InChI is InChI=1S/C21H17BrClNO4/c1-2-27-21(26)16-11-14(8-9-17(16)23)24-19(25)12-28-18-10-7-13-5-3-4-6-15(13)20(18)22/h3-11H,2,12H2,1H3,(H,24,25). The molecule has 144 valence electrons. The van der Waals surface area contributed by atoms with Gasteiger partial charge in [-0.05, 0) is 57.9 Å². The second-order valence-electron chi connectivity index (χ2n) is 5.85. The van der Waals surface area contributed by atoms with E-state index in [1.807, 2.05) is 30.3 Å². The highest BCUT2D eigenvalue weighted by Gasteiger charge is 2.14. The fourth-order valence-electron chi connectivity index (χ4n) is 2.63. The number of carbonyl (C=O) groups is 2. The molecule has 28 heavy (non-hydrogen) atoms. The zero-order chi connectivity index (χ0) is 20.1. The van der Waals surface area contributed by atoms with Crippen LogP contribution in [0.5, 0.6) is 5.75 Å². The van der Waals surface area contributed by atoms with Crippen LogP contribution in [0, 0.1) is 0 Å². The van der Waals surface area contributed by atoms with Crippen LogP contribution < -0.4 is 10.1 Å². The van der Waals surface area contributed by atoms with Crippen LogP contribution in [0.25, 0.3) is 10.8 Å². The number of fused-ring (bicyclic) bond motifs is 1. The highest BCUT2D eigenvalue weighted by molar-refractivity contribution is 9.10. The Balaban J connectivity index is 1.67. The average molecular weight is 463 g/mol. The number of halogens is 2. The van der Waals surface area contributed by atoms with Gasteiger partial charge in [0.25, 0.3) is 5.91 Å².